The van der Waals surface area contributed by atoms with Crippen LogP contribution in [0.15, 0.2) is 86.8 Å². The third kappa shape index (κ3) is 7.85. The molecule has 0 radical (unpaired) electrons. The molecule has 0 aliphatic carbocycles. The maximum atomic E-state index is 13.0. The number of nitrogens with one attached hydrogen (secondary N) is 2. The second kappa shape index (κ2) is 14.9. The minimum absolute atomic E-state index is 0.0802. The van der Waals surface area contributed by atoms with Gasteiger partial charge in [-0.05, 0) is 96.5 Å². The third-order valence-electron chi connectivity index (χ3n) is 6.40. The molecular weight excluding hydrogens is 726 g/mol. The van der Waals surface area contributed by atoms with Gasteiger partial charge in [-0.2, -0.15) is 5.10 Å². The van der Waals surface area contributed by atoms with Crippen LogP contribution in [-0.4, -0.2) is 44.0 Å². The zero-order chi connectivity index (χ0) is 32.6. The predicted molar refractivity (Wildman–Crippen MR) is 178 cm³/mol. The van der Waals surface area contributed by atoms with Crippen LogP contribution in [0.5, 0.6) is 28.7 Å². The van der Waals surface area contributed by atoms with Gasteiger partial charge in [-0.3, -0.25) is 9.59 Å². The quantitative estimate of drug-likeness (QED) is 0.0727. The van der Waals surface area contributed by atoms with Crippen molar-refractivity contribution in [3.63, 3.8) is 0 Å². The van der Waals surface area contributed by atoms with Crippen LogP contribution >= 0.6 is 31.9 Å². The summed E-state index contributed by atoms with van der Waals surface area (Å²) in [6.07, 6.45) is 1.35. The number of amides is 2. The molecular formula is C33H27Br2N3O8. The fourth-order valence-electron chi connectivity index (χ4n) is 4.32. The van der Waals surface area contributed by atoms with Crippen molar-refractivity contribution in [2.45, 2.75) is 13.8 Å². The Morgan fingerprint density at radius 3 is 2.37 bits per heavy atom. The van der Waals surface area contributed by atoms with Gasteiger partial charge >= 0.3 is 5.97 Å². The summed E-state index contributed by atoms with van der Waals surface area (Å²) in [5.41, 5.74) is 4.15. The number of benzene rings is 4. The van der Waals surface area contributed by atoms with Crippen LogP contribution in [0, 0.1) is 0 Å². The highest BCUT2D eigenvalue weighted by Gasteiger charge is 2.20. The van der Waals surface area contributed by atoms with Crippen molar-refractivity contribution in [2.75, 3.05) is 25.3 Å². The van der Waals surface area contributed by atoms with E-state index in [1.165, 1.54) is 18.3 Å². The van der Waals surface area contributed by atoms with E-state index in [1.54, 1.807) is 60.7 Å². The highest BCUT2D eigenvalue weighted by Crippen LogP contribution is 2.35. The standard InChI is InChI=1S/C33H27Br2N3O8/c1-3-42-26-10-8-20(14-28(26)43-4-2)31(39)37-24-7-5-6-19(13-24)32(40)38-36-17-22-12-23(34)16-25(35)30(22)46-33(41)21-9-11-27-29(15-21)45-18-44-27/h5-17H,3-4,18H2,1-2H3,(H,37,39)(H,38,40). The molecule has 236 valence electrons. The number of rotatable bonds is 11. The van der Waals surface area contributed by atoms with E-state index < -0.39 is 11.9 Å². The normalized spacial score (nSPS) is 11.7. The average Bonchev–Trinajstić information content (AvgIpc) is 3.52. The Morgan fingerprint density at radius 1 is 0.826 bits per heavy atom. The molecule has 4 aromatic rings. The number of carbonyl (C=O) groups excluding carboxylic acids is 3. The average molecular weight is 753 g/mol. The molecule has 4 aromatic carbocycles. The van der Waals surface area contributed by atoms with Crippen LogP contribution in [0.1, 0.15) is 50.5 Å². The van der Waals surface area contributed by atoms with E-state index in [-0.39, 0.29) is 29.6 Å². The number of fused-ring (bicyclic) bond motifs is 1. The second-order valence-electron chi connectivity index (χ2n) is 9.53. The van der Waals surface area contributed by atoms with E-state index in [9.17, 15) is 14.4 Å². The highest BCUT2D eigenvalue weighted by atomic mass is 79.9. The molecule has 11 nitrogen and oxygen atoms in total. The van der Waals surface area contributed by atoms with E-state index in [0.717, 1.165) is 0 Å². The van der Waals surface area contributed by atoms with Crippen molar-refractivity contribution in [3.05, 3.63) is 104 Å². The van der Waals surface area contributed by atoms with Crippen molar-refractivity contribution in [3.8, 4) is 28.7 Å². The maximum Gasteiger partial charge on any atom is 0.343 e. The number of esters is 1. The lowest BCUT2D eigenvalue weighted by Gasteiger charge is -2.13. The summed E-state index contributed by atoms with van der Waals surface area (Å²) >= 11 is 6.84. The zero-order valence-corrected chi connectivity index (χ0v) is 27.8. The molecule has 0 saturated carbocycles. The summed E-state index contributed by atoms with van der Waals surface area (Å²) in [4.78, 5) is 38.9. The van der Waals surface area contributed by atoms with Crippen LogP contribution in [0.25, 0.3) is 0 Å². The Hall–Kier alpha value is -4.88. The Kier molecular flexibility index (Phi) is 10.6. The fourth-order valence-corrected chi connectivity index (χ4v) is 5.66. The molecule has 1 heterocycles. The largest absolute Gasteiger partial charge is 0.490 e. The Labute approximate surface area is 281 Å². The molecule has 0 unspecified atom stereocenters. The first-order chi connectivity index (χ1) is 22.2. The number of ether oxygens (including phenoxy) is 5. The number of hydrogen-bond acceptors (Lipinski definition) is 9. The summed E-state index contributed by atoms with van der Waals surface area (Å²) < 4.78 is 28.7. The molecule has 0 bridgehead atoms. The van der Waals surface area contributed by atoms with Gasteiger partial charge in [0.05, 0.1) is 29.5 Å². The first-order valence-electron chi connectivity index (χ1n) is 14.0. The SMILES string of the molecule is CCOc1ccc(C(=O)Nc2cccc(C(=O)NN=Cc3cc(Br)cc(Br)c3OC(=O)c3ccc4c(c3)OCO4)c2)cc1OCC. The molecule has 2 amide bonds. The first-order valence-corrected chi connectivity index (χ1v) is 15.6. The fraction of sp³-hybridized carbons (Fsp3) is 0.152. The smallest absolute Gasteiger partial charge is 0.343 e. The van der Waals surface area contributed by atoms with Crippen LogP contribution < -0.4 is 34.4 Å². The van der Waals surface area contributed by atoms with Crippen LogP contribution in [0.2, 0.25) is 0 Å². The summed E-state index contributed by atoms with van der Waals surface area (Å²) in [6.45, 7) is 4.66. The molecule has 0 saturated heterocycles. The zero-order valence-electron chi connectivity index (χ0n) is 24.6. The third-order valence-corrected chi connectivity index (χ3v) is 7.44. The Bertz CT molecular complexity index is 1830. The molecule has 1 aliphatic rings. The highest BCUT2D eigenvalue weighted by molar-refractivity contribution is 9.11. The van der Waals surface area contributed by atoms with Crippen molar-refractivity contribution < 1.29 is 38.1 Å². The van der Waals surface area contributed by atoms with E-state index in [1.807, 2.05) is 13.8 Å². The van der Waals surface area contributed by atoms with Gasteiger partial charge in [-0.15, -0.1) is 0 Å². The molecule has 0 atom stereocenters. The lowest BCUT2D eigenvalue weighted by molar-refractivity contribution is 0.0732. The first kappa shape index (κ1) is 32.5. The van der Waals surface area contributed by atoms with Gasteiger partial charge in [0, 0.05) is 26.9 Å². The van der Waals surface area contributed by atoms with Gasteiger partial charge in [0.2, 0.25) is 6.79 Å². The summed E-state index contributed by atoms with van der Waals surface area (Å²) in [6, 6.07) is 19.5. The Balaban J connectivity index is 1.26. The van der Waals surface area contributed by atoms with E-state index in [0.29, 0.717) is 62.0 Å². The number of hydrazone groups is 1. The number of hydrogen-bond donors (Lipinski definition) is 2. The molecule has 13 heteroatoms. The second-order valence-corrected chi connectivity index (χ2v) is 11.3. The monoisotopic (exact) mass is 751 g/mol. The molecule has 0 fully saturated rings. The molecule has 1 aliphatic heterocycles. The molecule has 2 N–H and O–H groups in total. The predicted octanol–water partition coefficient (Wildman–Crippen LogP) is 6.97. The van der Waals surface area contributed by atoms with Gasteiger partial charge in [0.25, 0.3) is 11.8 Å². The lowest BCUT2D eigenvalue weighted by Crippen LogP contribution is -2.18. The van der Waals surface area contributed by atoms with Crippen molar-refractivity contribution in [1.82, 2.24) is 5.43 Å². The van der Waals surface area contributed by atoms with Gasteiger partial charge in [0.15, 0.2) is 28.7 Å². The van der Waals surface area contributed by atoms with Crippen LogP contribution in [0.3, 0.4) is 0 Å². The van der Waals surface area contributed by atoms with Gasteiger partial charge in [-0.25, -0.2) is 10.2 Å². The molecule has 5 rings (SSSR count). The molecule has 46 heavy (non-hydrogen) atoms. The number of anilines is 1. The van der Waals surface area contributed by atoms with Crippen molar-refractivity contribution in [2.24, 2.45) is 5.10 Å². The molecule has 0 spiro atoms. The van der Waals surface area contributed by atoms with E-state index in [4.69, 9.17) is 23.7 Å². The van der Waals surface area contributed by atoms with Gasteiger partial charge in [0.1, 0.15) is 0 Å². The van der Waals surface area contributed by atoms with E-state index in [2.05, 4.69) is 47.7 Å². The number of halogens is 2. The lowest BCUT2D eigenvalue weighted by atomic mass is 10.1. The topological polar surface area (TPSA) is 134 Å². The van der Waals surface area contributed by atoms with Crippen molar-refractivity contribution >= 4 is 61.5 Å². The number of nitrogens with zero attached hydrogens (tertiary/aromatic N) is 1. The van der Waals surface area contributed by atoms with Gasteiger partial charge < -0.3 is 29.0 Å². The van der Waals surface area contributed by atoms with Crippen LogP contribution in [0.4, 0.5) is 5.69 Å². The summed E-state index contributed by atoms with van der Waals surface area (Å²) in [7, 11) is 0. The minimum Gasteiger partial charge on any atom is -0.490 e. The van der Waals surface area contributed by atoms with Gasteiger partial charge in [-0.1, -0.05) is 22.0 Å². The Morgan fingerprint density at radius 2 is 1.57 bits per heavy atom. The van der Waals surface area contributed by atoms with E-state index >= 15 is 0 Å². The molecule has 0 aromatic heterocycles. The number of carbonyl (C=O) groups is 3. The maximum absolute atomic E-state index is 13.0. The summed E-state index contributed by atoms with van der Waals surface area (Å²) in [5, 5.41) is 6.86. The summed E-state index contributed by atoms with van der Waals surface area (Å²) in [5.74, 6) is 0.652. The minimum atomic E-state index is -0.627. The van der Waals surface area contributed by atoms with Crippen LogP contribution in [-0.2, 0) is 0 Å². The van der Waals surface area contributed by atoms with Crippen molar-refractivity contribution in [1.29, 1.82) is 0 Å².